The van der Waals surface area contributed by atoms with Crippen molar-refractivity contribution in [2.24, 2.45) is 0 Å². The summed E-state index contributed by atoms with van der Waals surface area (Å²) in [5, 5.41) is 9.64. The summed E-state index contributed by atoms with van der Waals surface area (Å²) in [6, 6.07) is 7.16. The molecule has 1 saturated heterocycles. The monoisotopic (exact) mass is 389 g/mol. The van der Waals surface area contributed by atoms with E-state index in [1.165, 1.54) is 21.2 Å². The number of nitrogens with one attached hydrogen (secondary N) is 2. The first-order valence-corrected chi connectivity index (χ1v) is 9.69. The molecular weight excluding hydrogens is 370 g/mol. The van der Waals surface area contributed by atoms with E-state index in [0.717, 1.165) is 12.8 Å². The van der Waals surface area contributed by atoms with Gasteiger partial charge in [-0.05, 0) is 25.0 Å². The van der Waals surface area contributed by atoms with Crippen LogP contribution >= 0.6 is 11.8 Å². The molecule has 3 heterocycles. The van der Waals surface area contributed by atoms with Crippen LogP contribution in [-0.2, 0) is 20.9 Å². The largest absolute Gasteiger partial charge is 0.376 e. The first kappa shape index (κ1) is 17.8. The number of hydrogen-bond acceptors (Lipinski definition) is 6. The van der Waals surface area contributed by atoms with E-state index >= 15 is 0 Å². The Balaban J connectivity index is 1.46. The van der Waals surface area contributed by atoms with Crippen molar-refractivity contribution in [1.29, 1.82) is 0 Å². The molecule has 142 valence electrons. The van der Waals surface area contributed by atoms with Crippen LogP contribution < -0.4 is 15.9 Å². The van der Waals surface area contributed by atoms with Gasteiger partial charge in [0.05, 0.1) is 29.8 Å². The first-order chi connectivity index (χ1) is 13.1. The molecule has 0 bridgehead atoms. The lowest BCUT2D eigenvalue weighted by Crippen LogP contribution is -2.43. The quantitative estimate of drug-likeness (QED) is 0.733. The van der Waals surface area contributed by atoms with Gasteiger partial charge >= 0.3 is 5.69 Å². The molecule has 1 aromatic carbocycles. The smallest absolute Gasteiger partial charge is 0.344 e. The molecule has 2 aromatic rings. The van der Waals surface area contributed by atoms with E-state index in [4.69, 9.17) is 4.74 Å². The number of aromatic amines is 1. The minimum absolute atomic E-state index is 0.00646. The Labute approximate surface area is 159 Å². The lowest BCUT2D eigenvalue weighted by atomic mass is 10.2. The third kappa shape index (κ3) is 3.76. The van der Waals surface area contributed by atoms with Crippen LogP contribution in [0.25, 0.3) is 0 Å². The molecule has 0 spiro atoms. The number of carbonyl (C=O) groups is 2. The normalized spacial score (nSPS) is 19.0. The van der Waals surface area contributed by atoms with E-state index in [0.29, 0.717) is 29.7 Å². The molecule has 1 atom stereocenters. The average Bonchev–Trinajstić information content (AvgIpc) is 3.30. The maximum absolute atomic E-state index is 12.7. The van der Waals surface area contributed by atoms with E-state index in [9.17, 15) is 14.4 Å². The minimum Gasteiger partial charge on any atom is -0.376 e. The average molecular weight is 389 g/mol. The van der Waals surface area contributed by atoms with E-state index in [2.05, 4.69) is 15.5 Å². The van der Waals surface area contributed by atoms with E-state index < -0.39 is 0 Å². The van der Waals surface area contributed by atoms with Gasteiger partial charge < -0.3 is 15.0 Å². The van der Waals surface area contributed by atoms with Crippen molar-refractivity contribution >= 4 is 35.0 Å². The van der Waals surface area contributed by atoms with Crippen LogP contribution in [0.4, 0.5) is 11.4 Å². The van der Waals surface area contributed by atoms with Crippen LogP contribution in [0.1, 0.15) is 12.8 Å². The van der Waals surface area contributed by atoms with Crippen LogP contribution in [0.15, 0.2) is 34.2 Å². The summed E-state index contributed by atoms with van der Waals surface area (Å²) < 4.78 is 7.08. The van der Waals surface area contributed by atoms with Gasteiger partial charge in [-0.3, -0.25) is 14.2 Å². The molecule has 0 saturated carbocycles. The Morgan fingerprint density at radius 2 is 2.19 bits per heavy atom. The molecule has 0 unspecified atom stereocenters. The minimum atomic E-state index is -0.317. The molecule has 27 heavy (non-hydrogen) atoms. The van der Waals surface area contributed by atoms with Crippen molar-refractivity contribution in [2.45, 2.75) is 30.6 Å². The highest BCUT2D eigenvalue weighted by Gasteiger charge is 2.27. The van der Waals surface area contributed by atoms with Crippen molar-refractivity contribution in [1.82, 2.24) is 14.8 Å². The van der Waals surface area contributed by atoms with Crippen molar-refractivity contribution in [2.75, 3.05) is 29.1 Å². The first-order valence-electron chi connectivity index (χ1n) is 8.70. The Morgan fingerprint density at radius 3 is 3.00 bits per heavy atom. The van der Waals surface area contributed by atoms with Gasteiger partial charge in [0.25, 0.3) is 0 Å². The van der Waals surface area contributed by atoms with Crippen LogP contribution in [0.3, 0.4) is 0 Å². The van der Waals surface area contributed by atoms with Gasteiger partial charge in [-0.25, -0.2) is 9.89 Å². The van der Waals surface area contributed by atoms with Crippen LogP contribution in [-0.4, -0.2) is 51.6 Å². The van der Waals surface area contributed by atoms with Gasteiger partial charge in [0.1, 0.15) is 6.54 Å². The molecule has 10 heteroatoms. The molecule has 4 rings (SSSR count). The number of thioether (sulfide) groups is 1. The molecule has 2 aliphatic rings. The second kappa shape index (κ2) is 7.57. The molecule has 0 aliphatic carbocycles. The summed E-state index contributed by atoms with van der Waals surface area (Å²) in [5.41, 5.74) is 0.965. The zero-order valence-corrected chi connectivity index (χ0v) is 15.3. The van der Waals surface area contributed by atoms with E-state index in [-0.39, 0.29) is 35.9 Å². The summed E-state index contributed by atoms with van der Waals surface area (Å²) in [6.45, 7) is 1.09. The summed E-state index contributed by atoms with van der Waals surface area (Å²) in [5.74, 6) is -0.388. The fourth-order valence-corrected chi connectivity index (χ4v) is 4.06. The maximum atomic E-state index is 12.7. The second-order valence-electron chi connectivity index (χ2n) is 6.39. The SMILES string of the molecule is O=C1CN(C(=O)CSc2n[nH]c(=O)n2C[C@@H]2CCCO2)c2ccccc2N1. The predicted molar refractivity (Wildman–Crippen MR) is 100.0 cm³/mol. The molecule has 2 amide bonds. The third-order valence-corrected chi connectivity index (χ3v) is 5.49. The molecular formula is C17H19N5O4S. The lowest BCUT2D eigenvalue weighted by Gasteiger charge is -2.29. The summed E-state index contributed by atoms with van der Waals surface area (Å²) >= 11 is 1.17. The number of amides is 2. The maximum Gasteiger partial charge on any atom is 0.344 e. The zero-order chi connectivity index (χ0) is 18.8. The number of rotatable bonds is 5. The number of ether oxygens (including phenoxy) is 1. The number of H-pyrrole nitrogens is 1. The van der Waals surface area contributed by atoms with E-state index in [1.54, 1.807) is 18.2 Å². The van der Waals surface area contributed by atoms with Gasteiger partial charge in [0.15, 0.2) is 5.16 Å². The standard InChI is InChI=1S/C17H19N5O4S/c23-14-9-21(13-6-2-1-5-12(13)18-14)15(24)10-27-17-20-19-16(25)22(17)8-11-4-3-7-26-11/h1-2,5-6,11H,3-4,7-10H2,(H,18,23)(H,19,25)/t11-/m0/s1. The molecule has 0 radical (unpaired) electrons. The zero-order valence-electron chi connectivity index (χ0n) is 14.5. The van der Waals surface area contributed by atoms with Crippen molar-refractivity contribution in [3.8, 4) is 0 Å². The predicted octanol–water partition coefficient (Wildman–Crippen LogP) is 0.828. The fourth-order valence-electron chi connectivity index (χ4n) is 3.23. The van der Waals surface area contributed by atoms with Crippen LogP contribution in [0.2, 0.25) is 0 Å². The molecule has 2 aliphatic heterocycles. The molecule has 1 aromatic heterocycles. The topological polar surface area (TPSA) is 109 Å². The van der Waals surface area contributed by atoms with Gasteiger partial charge in [-0.15, -0.1) is 5.10 Å². The second-order valence-corrected chi connectivity index (χ2v) is 7.33. The fraction of sp³-hybridized carbons (Fsp3) is 0.412. The summed E-state index contributed by atoms with van der Waals surface area (Å²) in [4.78, 5) is 38.1. The molecule has 2 N–H and O–H groups in total. The highest BCUT2D eigenvalue weighted by atomic mass is 32.2. The summed E-state index contributed by atoms with van der Waals surface area (Å²) in [7, 11) is 0. The van der Waals surface area contributed by atoms with E-state index in [1.807, 2.05) is 6.07 Å². The Bertz CT molecular complexity index is 918. The van der Waals surface area contributed by atoms with Gasteiger partial charge in [0.2, 0.25) is 11.8 Å². The number of para-hydroxylation sites is 2. The van der Waals surface area contributed by atoms with Crippen molar-refractivity contribution in [3.63, 3.8) is 0 Å². The Kier molecular flexibility index (Phi) is 4.99. The lowest BCUT2D eigenvalue weighted by molar-refractivity contribution is -0.120. The van der Waals surface area contributed by atoms with Crippen LogP contribution in [0, 0.1) is 0 Å². The number of benzene rings is 1. The Hall–Kier alpha value is -2.59. The van der Waals surface area contributed by atoms with Crippen molar-refractivity contribution in [3.05, 3.63) is 34.7 Å². The molecule has 1 fully saturated rings. The highest BCUT2D eigenvalue weighted by molar-refractivity contribution is 7.99. The highest BCUT2D eigenvalue weighted by Crippen LogP contribution is 2.29. The number of aromatic nitrogens is 3. The van der Waals surface area contributed by atoms with Gasteiger partial charge in [-0.2, -0.15) is 0 Å². The summed E-state index contributed by atoms with van der Waals surface area (Å²) in [6.07, 6.45) is 1.88. The number of fused-ring (bicyclic) bond motifs is 1. The van der Waals surface area contributed by atoms with Crippen LogP contribution in [0.5, 0.6) is 0 Å². The van der Waals surface area contributed by atoms with Gasteiger partial charge in [-0.1, -0.05) is 23.9 Å². The van der Waals surface area contributed by atoms with Gasteiger partial charge in [0, 0.05) is 6.61 Å². The number of anilines is 2. The number of nitrogens with zero attached hydrogens (tertiary/aromatic N) is 3. The number of hydrogen-bond donors (Lipinski definition) is 2. The Morgan fingerprint density at radius 1 is 1.33 bits per heavy atom. The number of carbonyl (C=O) groups excluding carboxylic acids is 2. The van der Waals surface area contributed by atoms with Crippen molar-refractivity contribution < 1.29 is 14.3 Å². The third-order valence-electron chi connectivity index (χ3n) is 4.53. The molecule has 9 nitrogen and oxygen atoms in total.